The Bertz CT molecular complexity index is 1330. The third-order valence-electron chi connectivity index (χ3n) is 6.39. The molecule has 35 heavy (non-hydrogen) atoms. The molecule has 1 amide bonds. The first kappa shape index (κ1) is 26.2. The van der Waals surface area contributed by atoms with Gasteiger partial charge in [0.1, 0.15) is 4.88 Å². The summed E-state index contributed by atoms with van der Waals surface area (Å²) in [7, 11) is 0. The van der Waals surface area contributed by atoms with Gasteiger partial charge < -0.3 is 9.80 Å². The first-order valence-corrected chi connectivity index (χ1v) is 13.9. The highest BCUT2D eigenvalue weighted by Gasteiger charge is 2.23. The number of unbranched alkanes of at least 4 members (excludes halogenated alkanes) is 1. The Morgan fingerprint density at radius 3 is 2.29 bits per heavy atom. The van der Waals surface area contributed by atoms with E-state index in [4.69, 9.17) is 34.8 Å². The van der Waals surface area contributed by atoms with E-state index in [1.54, 1.807) is 12.1 Å². The largest absolute Gasteiger partial charge is 0.334 e. The minimum atomic E-state index is -0.0561. The van der Waals surface area contributed by atoms with Crippen molar-refractivity contribution in [3.8, 4) is 0 Å². The van der Waals surface area contributed by atoms with E-state index in [9.17, 15) is 4.79 Å². The SMILES string of the molecule is CCN(CC)CCCCN(Cc1ccc2ccccc2c1)C(=O)c1sc2cc(Cl)c(Cl)cc2c1Cl. The van der Waals surface area contributed by atoms with Crippen molar-refractivity contribution in [2.24, 2.45) is 0 Å². The van der Waals surface area contributed by atoms with E-state index in [1.807, 2.05) is 17.0 Å². The van der Waals surface area contributed by atoms with Gasteiger partial charge >= 0.3 is 0 Å². The molecule has 0 aliphatic carbocycles. The van der Waals surface area contributed by atoms with Crippen LogP contribution in [0.2, 0.25) is 15.1 Å². The Morgan fingerprint density at radius 1 is 0.857 bits per heavy atom. The second kappa shape index (κ2) is 11.9. The zero-order valence-electron chi connectivity index (χ0n) is 20.0. The molecule has 0 saturated heterocycles. The van der Waals surface area contributed by atoms with Crippen LogP contribution in [0.25, 0.3) is 20.9 Å². The predicted molar refractivity (Wildman–Crippen MR) is 153 cm³/mol. The van der Waals surface area contributed by atoms with Crippen molar-refractivity contribution in [3.05, 3.63) is 80.1 Å². The van der Waals surface area contributed by atoms with Crippen molar-refractivity contribution < 1.29 is 4.79 Å². The molecule has 7 heteroatoms. The summed E-state index contributed by atoms with van der Waals surface area (Å²) in [5.41, 5.74) is 1.10. The van der Waals surface area contributed by atoms with Crippen LogP contribution in [0.1, 0.15) is 41.9 Å². The highest BCUT2D eigenvalue weighted by Crippen LogP contribution is 2.40. The Hall–Kier alpha value is -1.82. The van der Waals surface area contributed by atoms with E-state index in [2.05, 4.69) is 49.1 Å². The predicted octanol–water partition coefficient (Wildman–Crippen LogP) is 8.78. The van der Waals surface area contributed by atoms with E-state index in [1.165, 1.54) is 22.1 Å². The molecule has 4 aromatic rings. The maximum Gasteiger partial charge on any atom is 0.265 e. The quantitative estimate of drug-likeness (QED) is 0.185. The van der Waals surface area contributed by atoms with Gasteiger partial charge in [-0.25, -0.2) is 0 Å². The van der Waals surface area contributed by atoms with Crippen molar-refractivity contribution in [3.63, 3.8) is 0 Å². The Labute approximate surface area is 226 Å². The van der Waals surface area contributed by atoms with Crippen molar-refractivity contribution in [1.82, 2.24) is 9.80 Å². The van der Waals surface area contributed by atoms with Gasteiger partial charge in [-0.15, -0.1) is 11.3 Å². The number of thiophene rings is 1. The van der Waals surface area contributed by atoms with Gasteiger partial charge in [-0.1, -0.05) is 85.0 Å². The average Bonchev–Trinajstić information content (AvgIpc) is 3.18. The van der Waals surface area contributed by atoms with Gasteiger partial charge in [0.2, 0.25) is 0 Å². The summed E-state index contributed by atoms with van der Waals surface area (Å²) in [6.07, 6.45) is 1.96. The topological polar surface area (TPSA) is 23.6 Å². The van der Waals surface area contributed by atoms with Crippen LogP contribution in [0.4, 0.5) is 0 Å². The van der Waals surface area contributed by atoms with Crippen LogP contribution in [0.15, 0.2) is 54.6 Å². The molecule has 3 aromatic carbocycles. The minimum Gasteiger partial charge on any atom is -0.334 e. The van der Waals surface area contributed by atoms with Gasteiger partial charge in [-0.3, -0.25) is 4.79 Å². The molecule has 0 unspecified atom stereocenters. The van der Waals surface area contributed by atoms with Crippen molar-refractivity contribution in [1.29, 1.82) is 0 Å². The third-order valence-corrected chi connectivity index (χ3v) is 8.75. The maximum absolute atomic E-state index is 13.8. The first-order chi connectivity index (χ1) is 16.9. The fourth-order valence-corrected chi connectivity index (χ4v) is 6.22. The van der Waals surface area contributed by atoms with Crippen molar-refractivity contribution in [2.75, 3.05) is 26.2 Å². The van der Waals surface area contributed by atoms with Crippen LogP contribution < -0.4 is 0 Å². The summed E-state index contributed by atoms with van der Waals surface area (Å²) in [4.78, 5) is 18.7. The second-order valence-corrected chi connectivity index (χ2v) is 10.9. The number of carbonyl (C=O) groups excluding carboxylic acids is 1. The summed E-state index contributed by atoms with van der Waals surface area (Å²) in [6, 6.07) is 18.2. The molecule has 0 spiro atoms. The molecule has 0 saturated carbocycles. The molecule has 0 aliphatic heterocycles. The number of nitrogens with zero attached hydrogens (tertiary/aromatic N) is 2. The van der Waals surface area contributed by atoms with Gasteiger partial charge in [0, 0.05) is 23.2 Å². The summed E-state index contributed by atoms with van der Waals surface area (Å²) in [5, 5.41) is 4.46. The van der Waals surface area contributed by atoms with Crippen LogP contribution in [-0.4, -0.2) is 41.9 Å². The summed E-state index contributed by atoms with van der Waals surface area (Å²) < 4.78 is 0.861. The van der Waals surface area contributed by atoms with Gasteiger partial charge in [-0.05, 0) is 67.0 Å². The molecule has 4 rings (SSSR count). The highest BCUT2D eigenvalue weighted by atomic mass is 35.5. The molecule has 3 nitrogen and oxygen atoms in total. The van der Waals surface area contributed by atoms with Gasteiger partial charge in [-0.2, -0.15) is 0 Å². The molecule has 0 fully saturated rings. The number of benzene rings is 3. The Morgan fingerprint density at radius 2 is 1.54 bits per heavy atom. The number of fused-ring (bicyclic) bond motifs is 2. The molecular formula is C28H29Cl3N2OS. The number of rotatable bonds is 10. The van der Waals surface area contributed by atoms with Crippen LogP contribution in [0.5, 0.6) is 0 Å². The van der Waals surface area contributed by atoms with Gasteiger partial charge in [0.05, 0.1) is 15.1 Å². The zero-order chi connectivity index (χ0) is 24.9. The first-order valence-electron chi connectivity index (χ1n) is 12.0. The normalized spacial score (nSPS) is 11.6. The lowest BCUT2D eigenvalue weighted by atomic mass is 10.1. The number of hydrogen-bond donors (Lipinski definition) is 0. The monoisotopic (exact) mass is 546 g/mol. The lowest BCUT2D eigenvalue weighted by Gasteiger charge is -2.24. The van der Waals surface area contributed by atoms with Crippen molar-refractivity contribution in [2.45, 2.75) is 33.2 Å². The van der Waals surface area contributed by atoms with Crippen molar-refractivity contribution >= 4 is 72.9 Å². The van der Waals surface area contributed by atoms with E-state index in [0.29, 0.717) is 33.0 Å². The van der Waals surface area contributed by atoms with Crippen LogP contribution in [-0.2, 0) is 6.54 Å². The number of carbonyl (C=O) groups is 1. The molecule has 1 aromatic heterocycles. The van der Waals surface area contributed by atoms with Crippen LogP contribution >= 0.6 is 46.1 Å². The average molecular weight is 548 g/mol. The van der Waals surface area contributed by atoms with E-state index >= 15 is 0 Å². The number of hydrogen-bond acceptors (Lipinski definition) is 3. The molecular weight excluding hydrogens is 519 g/mol. The lowest BCUT2D eigenvalue weighted by Crippen LogP contribution is -2.32. The number of halogens is 3. The fraction of sp³-hybridized carbons (Fsp3) is 0.321. The summed E-state index contributed by atoms with van der Waals surface area (Å²) >= 11 is 20.5. The molecule has 0 bridgehead atoms. The fourth-order valence-electron chi connectivity index (χ4n) is 4.33. The van der Waals surface area contributed by atoms with E-state index < -0.39 is 0 Å². The molecule has 0 N–H and O–H groups in total. The van der Waals surface area contributed by atoms with E-state index in [0.717, 1.165) is 48.1 Å². The molecule has 0 atom stereocenters. The minimum absolute atomic E-state index is 0.0561. The highest BCUT2D eigenvalue weighted by molar-refractivity contribution is 7.21. The molecule has 1 heterocycles. The molecule has 184 valence electrons. The lowest BCUT2D eigenvalue weighted by molar-refractivity contribution is 0.0743. The molecule has 0 radical (unpaired) electrons. The smallest absolute Gasteiger partial charge is 0.265 e. The maximum atomic E-state index is 13.8. The Kier molecular flexibility index (Phi) is 8.96. The summed E-state index contributed by atoms with van der Waals surface area (Å²) in [5.74, 6) is -0.0561. The van der Waals surface area contributed by atoms with Gasteiger partial charge in [0.25, 0.3) is 5.91 Å². The standard InChI is InChI=1S/C28H29Cl3N2OS/c1-3-32(4-2)13-7-8-14-33(18-19-11-12-20-9-5-6-10-21(20)15-19)28(34)27-26(31)22-16-23(29)24(30)17-25(22)35-27/h5-6,9-12,15-17H,3-4,7-8,13-14,18H2,1-2H3. The second-order valence-electron chi connectivity index (χ2n) is 8.65. The third kappa shape index (κ3) is 6.12. The zero-order valence-corrected chi connectivity index (χ0v) is 23.1. The summed E-state index contributed by atoms with van der Waals surface area (Å²) in [6.45, 7) is 8.67. The van der Waals surface area contributed by atoms with E-state index in [-0.39, 0.29) is 5.91 Å². The van der Waals surface area contributed by atoms with Crippen LogP contribution in [0, 0.1) is 0 Å². The Balaban J connectivity index is 1.60. The van der Waals surface area contributed by atoms with Gasteiger partial charge in [0.15, 0.2) is 0 Å². The molecule has 0 aliphatic rings. The van der Waals surface area contributed by atoms with Crippen LogP contribution in [0.3, 0.4) is 0 Å². The number of amides is 1.